The number of amides is 1. The van der Waals surface area contributed by atoms with E-state index in [-0.39, 0.29) is 23.5 Å². The summed E-state index contributed by atoms with van der Waals surface area (Å²) in [6.07, 6.45) is 0. The van der Waals surface area contributed by atoms with Crippen LogP contribution in [0.4, 0.5) is 4.39 Å². The largest absolute Gasteiger partial charge is 0.465 e. The van der Waals surface area contributed by atoms with Crippen LogP contribution in [-0.2, 0) is 4.74 Å². The number of morpholine rings is 1. The number of carbonyl (C=O) groups excluding carboxylic acids is 1. The Morgan fingerprint density at radius 1 is 1.28 bits per heavy atom. The Balaban J connectivity index is 1.46. The predicted molar refractivity (Wildman–Crippen MR) is 108 cm³/mol. The lowest BCUT2D eigenvalue weighted by Gasteiger charge is -2.33. The number of ether oxygens (including phenoxy) is 1. The quantitative estimate of drug-likeness (QED) is 0.666. The van der Waals surface area contributed by atoms with Crippen LogP contribution in [0.5, 0.6) is 0 Å². The maximum atomic E-state index is 14.0. The first-order valence-corrected chi connectivity index (χ1v) is 10.4. The second kappa shape index (κ2) is 8.86. The molecule has 29 heavy (non-hydrogen) atoms. The number of carbonyl (C=O) groups is 1. The van der Waals surface area contributed by atoms with Gasteiger partial charge in [-0.15, -0.1) is 11.3 Å². The molecule has 3 heterocycles. The fourth-order valence-electron chi connectivity index (χ4n) is 3.35. The second-order valence-electron chi connectivity index (χ2n) is 6.84. The number of hydrogen-bond donors (Lipinski definition) is 1. The van der Waals surface area contributed by atoms with Gasteiger partial charge in [-0.1, -0.05) is 12.1 Å². The van der Waals surface area contributed by atoms with Gasteiger partial charge in [-0.3, -0.25) is 9.69 Å². The first kappa shape index (κ1) is 19.8. The first-order valence-electron chi connectivity index (χ1n) is 9.48. The molecule has 0 radical (unpaired) electrons. The fourth-order valence-corrected chi connectivity index (χ4v) is 4.17. The molecule has 1 fully saturated rings. The zero-order valence-electron chi connectivity index (χ0n) is 16.1. The Bertz CT molecular complexity index is 981. The third-order valence-electron chi connectivity index (χ3n) is 4.87. The van der Waals surface area contributed by atoms with Crippen molar-refractivity contribution < 1.29 is 18.3 Å². The fraction of sp³-hybridized carbons (Fsp3) is 0.333. The van der Waals surface area contributed by atoms with Crippen LogP contribution in [0.15, 0.2) is 46.2 Å². The van der Waals surface area contributed by atoms with Gasteiger partial charge in [0.1, 0.15) is 28.0 Å². The molecule has 0 saturated carbocycles. The number of halogens is 1. The van der Waals surface area contributed by atoms with Crippen molar-refractivity contribution in [3.8, 4) is 10.6 Å². The van der Waals surface area contributed by atoms with E-state index in [1.165, 1.54) is 17.4 Å². The van der Waals surface area contributed by atoms with Crippen LogP contribution in [0.2, 0.25) is 0 Å². The molecule has 1 atom stereocenters. The summed E-state index contributed by atoms with van der Waals surface area (Å²) in [5.74, 6) is 1.01. The summed E-state index contributed by atoms with van der Waals surface area (Å²) in [5.41, 5.74) is 0.679. The van der Waals surface area contributed by atoms with Crippen molar-refractivity contribution in [2.45, 2.75) is 13.0 Å². The van der Waals surface area contributed by atoms with Crippen molar-refractivity contribution in [3.63, 3.8) is 0 Å². The highest BCUT2D eigenvalue weighted by Gasteiger charge is 2.26. The molecule has 1 saturated heterocycles. The van der Waals surface area contributed by atoms with E-state index in [1.807, 2.05) is 19.1 Å². The van der Waals surface area contributed by atoms with Crippen LogP contribution < -0.4 is 5.32 Å². The van der Waals surface area contributed by atoms with Crippen LogP contribution >= 0.6 is 11.3 Å². The highest BCUT2D eigenvalue weighted by Crippen LogP contribution is 2.27. The molecule has 1 unspecified atom stereocenters. The van der Waals surface area contributed by atoms with Gasteiger partial charge in [-0.25, -0.2) is 9.37 Å². The number of rotatable bonds is 6. The van der Waals surface area contributed by atoms with Crippen LogP contribution in [0.1, 0.15) is 28.1 Å². The van der Waals surface area contributed by atoms with Gasteiger partial charge < -0.3 is 14.5 Å². The van der Waals surface area contributed by atoms with Crippen molar-refractivity contribution in [1.82, 2.24) is 15.2 Å². The standard InChI is InChI=1S/C21H22FN3O3S/c1-14-6-7-19(28-14)18(25-8-10-27-11-9-25)12-23-20(26)17-13-29-21(24-17)15-4-2-3-5-16(15)22/h2-7,13,18H,8-12H2,1H3,(H,23,26). The first-order chi connectivity index (χ1) is 14.1. The molecule has 152 valence electrons. The van der Waals surface area contributed by atoms with Crippen molar-refractivity contribution in [2.75, 3.05) is 32.8 Å². The molecule has 8 heteroatoms. The molecule has 2 aromatic heterocycles. The Morgan fingerprint density at radius 3 is 2.79 bits per heavy atom. The average Bonchev–Trinajstić information content (AvgIpc) is 3.39. The maximum Gasteiger partial charge on any atom is 0.270 e. The van der Waals surface area contributed by atoms with Crippen molar-refractivity contribution in [3.05, 3.63) is 64.8 Å². The zero-order valence-corrected chi connectivity index (χ0v) is 16.9. The number of aryl methyl sites for hydroxylation is 1. The molecule has 6 nitrogen and oxygen atoms in total. The number of hydrogen-bond acceptors (Lipinski definition) is 6. The topological polar surface area (TPSA) is 67.6 Å². The molecular formula is C21H22FN3O3S. The number of nitrogens with one attached hydrogen (secondary N) is 1. The molecule has 4 rings (SSSR count). The zero-order chi connectivity index (χ0) is 20.2. The summed E-state index contributed by atoms with van der Waals surface area (Å²) in [7, 11) is 0. The second-order valence-corrected chi connectivity index (χ2v) is 7.70. The van der Waals surface area contributed by atoms with Crippen LogP contribution in [-0.4, -0.2) is 48.6 Å². The summed E-state index contributed by atoms with van der Waals surface area (Å²) in [4.78, 5) is 19.2. The minimum Gasteiger partial charge on any atom is -0.465 e. The lowest BCUT2D eigenvalue weighted by Crippen LogP contribution is -2.43. The molecule has 3 aromatic rings. The molecule has 0 spiro atoms. The van der Waals surface area contributed by atoms with E-state index in [9.17, 15) is 9.18 Å². The van der Waals surface area contributed by atoms with Gasteiger partial charge in [0.15, 0.2) is 0 Å². The van der Waals surface area contributed by atoms with E-state index >= 15 is 0 Å². The van der Waals surface area contributed by atoms with Gasteiger partial charge in [-0.2, -0.15) is 0 Å². The molecule has 1 amide bonds. The normalized spacial score (nSPS) is 15.9. The number of furan rings is 1. The van der Waals surface area contributed by atoms with Gasteiger partial charge in [0.25, 0.3) is 5.91 Å². The molecule has 1 aliphatic heterocycles. The molecule has 1 N–H and O–H groups in total. The Hall–Kier alpha value is -2.55. The van der Waals surface area contributed by atoms with Gasteiger partial charge in [0, 0.05) is 30.6 Å². The summed E-state index contributed by atoms with van der Waals surface area (Å²) in [6, 6.07) is 10.2. The third-order valence-corrected chi connectivity index (χ3v) is 5.75. The van der Waals surface area contributed by atoms with Crippen LogP contribution in [0, 0.1) is 12.7 Å². The van der Waals surface area contributed by atoms with E-state index < -0.39 is 0 Å². The highest BCUT2D eigenvalue weighted by molar-refractivity contribution is 7.13. The molecular weight excluding hydrogens is 393 g/mol. The monoisotopic (exact) mass is 415 g/mol. The molecule has 1 aromatic carbocycles. The average molecular weight is 415 g/mol. The number of aromatic nitrogens is 1. The van der Waals surface area contributed by atoms with E-state index in [2.05, 4.69) is 15.2 Å². The van der Waals surface area contributed by atoms with E-state index in [0.717, 1.165) is 24.6 Å². The summed E-state index contributed by atoms with van der Waals surface area (Å²) < 4.78 is 25.2. The smallest absolute Gasteiger partial charge is 0.270 e. The van der Waals surface area contributed by atoms with Gasteiger partial charge >= 0.3 is 0 Å². The van der Waals surface area contributed by atoms with Crippen molar-refractivity contribution in [1.29, 1.82) is 0 Å². The summed E-state index contributed by atoms with van der Waals surface area (Å²) >= 11 is 1.25. The number of benzene rings is 1. The predicted octanol–water partition coefficient (Wildman–Crippen LogP) is 3.65. The van der Waals surface area contributed by atoms with E-state index in [4.69, 9.17) is 9.15 Å². The SMILES string of the molecule is Cc1ccc(C(CNC(=O)c2csc(-c3ccccc3F)n2)N2CCOCC2)o1. The Labute approximate surface area is 172 Å². The summed E-state index contributed by atoms with van der Waals surface area (Å²) in [6.45, 7) is 5.14. The van der Waals surface area contributed by atoms with Gasteiger partial charge in [0.2, 0.25) is 0 Å². The van der Waals surface area contributed by atoms with E-state index in [1.54, 1.807) is 23.6 Å². The van der Waals surface area contributed by atoms with Crippen molar-refractivity contribution in [2.24, 2.45) is 0 Å². The lowest BCUT2D eigenvalue weighted by atomic mass is 10.1. The number of nitrogens with zero attached hydrogens (tertiary/aromatic N) is 2. The number of thiazole rings is 1. The highest BCUT2D eigenvalue weighted by atomic mass is 32.1. The summed E-state index contributed by atoms with van der Waals surface area (Å²) in [5, 5.41) is 5.09. The molecule has 0 aliphatic carbocycles. The minimum absolute atomic E-state index is 0.0822. The van der Waals surface area contributed by atoms with Crippen molar-refractivity contribution >= 4 is 17.2 Å². The molecule has 0 bridgehead atoms. The Kier molecular flexibility index (Phi) is 6.03. The maximum absolute atomic E-state index is 14.0. The van der Waals surface area contributed by atoms with E-state index in [0.29, 0.717) is 30.3 Å². The van der Waals surface area contributed by atoms with Gasteiger partial charge in [-0.05, 0) is 31.2 Å². The Morgan fingerprint density at radius 2 is 2.07 bits per heavy atom. The lowest BCUT2D eigenvalue weighted by molar-refractivity contribution is 0.0117. The molecule has 1 aliphatic rings. The van der Waals surface area contributed by atoms with Gasteiger partial charge in [0.05, 0.1) is 19.3 Å². The van der Waals surface area contributed by atoms with Crippen LogP contribution in [0.3, 0.4) is 0 Å². The third kappa shape index (κ3) is 4.55. The minimum atomic E-state index is -0.352. The van der Waals surface area contributed by atoms with Crippen LogP contribution in [0.25, 0.3) is 10.6 Å².